The second-order valence-electron chi connectivity index (χ2n) is 6.12. The molecular weight excluding hydrogens is 260 g/mol. The van der Waals surface area contributed by atoms with Crippen molar-refractivity contribution in [2.24, 2.45) is 11.8 Å². The quantitative estimate of drug-likeness (QED) is 0.711. The highest BCUT2D eigenvalue weighted by Gasteiger charge is 2.48. The van der Waals surface area contributed by atoms with E-state index >= 15 is 0 Å². The van der Waals surface area contributed by atoms with Gasteiger partial charge in [0.25, 0.3) is 0 Å². The van der Waals surface area contributed by atoms with Crippen LogP contribution in [0.3, 0.4) is 0 Å². The van der Waals surface area contributed by atoms with E-state index in [-0.39, 0.29) is 18.0 Å². The number of urea groups is 1. The Labute approximate surface area is 119 Å². The first-order valence-electron chi connectivity index (χ1n) is 7.33. The van der Waals surface area contributed by atoms with Crippen molar-refractivity contribution in [3.63, 3.8) is 0 Å². The first-order valence-corrected chi connectivity index (χ1v) is 7.33. The summed E-state index contributed by atoms with van der Waals surface area (Å²) in [6.45, 7) is 5.01. The number of carboxylic acids is 1. The van der Waals surface area contributed by atoms with Crippen molar-refractivity contribution in [3.05, 3.63) is 0 Å². The lowest BCUT2D eigenvalue weighted by Gasteiger charge is -2.31. The zero-order valence-corrected chi connectivity index (χ0v) is 12.1. The molecular formula is C14H24N2O4. The number of carboxylic acid groups (broad SMARTS) is 1. The molecule has 2 rings (SSSR count). The van der Waals surface area contributed by atoms with E-state index in [9.17, 15) is 14.7 Å². The van der Waals surface area contributed by atoms with Gasteiger partial charge in [-0.1, -0.05) is 0 Å². The predicted molar refractivity (Wildman–Crippen MR) is 73.4 cm³/mol. The zero-order valence-electron chi connectivity index (χ0n) is 12.1. The summed E-state index contributed by atoms with van der Waals surface area (Å²) in [5, 5.41) is 14.8. The van der Waals surface area contributed by atoms with Gasteiger partial charge in [0.15, 0.2) is 0 Å². The molecule has 20 heavy (non-hydrogen) atoms. The van der Waals surface area contributed by atoms with Crippen LogP contribution in [0.4, 0.5) is 4.79 Å². The van der Waals surface area contributed by atoms with E-state index in [1.54, 1.807) is 6.92 Å². The Morgan fingerprint density at radius 2 is 1.85 bits per heavy atom. The lowest BCUT2D eigenvalue weighted by Crippen LogP contribution is -2.58. The molecule has 2 fully saturated rings. The van der Waals surface area contributed by atoms with Crippen molar-refractivity contribution in [2.75, 3.05) is 13.2 Å². The maximum absolute atomic E-state index is 12.0. The molecule has 1 saturated carbocycles. The number of hydrogen-bond acceptors (Lipinski definition) is 3. The molecule has 114 valence electrons. The van der Waals surface area contributed by atoms with E-state index in [0.29, 0.717) is 5.92 Å². The third-order valence-electron chi connectivity index (χ3n) is 4.54. The second-order valence-corrected chi connectivity index (χ2v) is 6.12. The Bertz CT molecular complexity index is 377. The normalized spacial score (nSPS) is 24.5. The number of ether oxygens (including phenoxy) is 1. The first kappa shape index (κ1) is 15.1. The molecule has 0 aromatic heterocycles. The lowest BCUT2D eigenvalue weighted by atomic mass is 9.93. The van der Waals surface area contributed by atoms with Gasteiger partial charge in [-0.2, -0.15) is 0 Å². The molecule has 2 atom stereocenters. The number of hydrogen-bond donors (Lipinski definition) is 3. The Kier molecular flexibility index (Phi) is 4.52. The molecule has 6 heteroatoms. The summed E-state index contributed by atoms with van der Waals surface area (Å²) in [5.41, 5.74) is -1.15. The van der Waals surface area contributed by atoms with Gasteiger partial charge in [-0.25, -0.2) is 9.59 Å². The highest BCUT2D eigenvalue weighted by atomic mass is 16.5. The van der Waals surface area contributed by atoms with Crippen LogP contribution in [-0.2, 0) is 9.53 Å². The van der Waals surface area contributed by atoms with Gasteiger partial charge in [0.1, 0.15) is 5.54 Å². The Morgan fingerprint density at radius 1 is 1.25 bits per heavy atom. The van der Waals surface area contributed by atoms with Crippen LogP contribution in [0, 0.1) is 11.8 Å². The van der Waals surface area contributed by atoms with Gasteiger partial charge in [-0.3, -0.25) is 0 Å². The molecule has 0 bridgehead atoms. The Balaban J connectivity index is 1.86. The van der Waals surface area contributed by atoms with Crippen LogP contribution in [-0.4, -0.2) is 41.9 Å². The SMILES string of the molecule is CC(NC(=O)NC(C)(C(=O)O)C1CC1)C1CCOCC1. The van der Waals surface area contributed by atoms with Crippen molar-refractivity contribution in [1.82, 2.24) is 10.6 Å². The second kappa shape index (κ2) is 5.99. The summed E-state index contributed by atoms with van der Waals surface area (Å²) >= 11 is 0. The van der Waals surface area contributed by atoms with E-state index in [1.165, 1.54) is 0 Å². The standard InChI is InChI=1S/C14H24N2O4/c1-9(10-5-7-20-8-6-10)15-13(19)16-14(2,12(17)18)11-3-4-11/h9-11H,3-8H2,1-2H3,(H,17,18)(H2,15,16,19). The highest BCUT2D eigenvalue weighted by molar-refractivity contribution is 5.86. The summed E-state index contributed by atoms with van der Waals surface area (Å²) in [6, 6.07) is -0.364. The molecule has 0 radical (unpaired) electrons. The predicted octanol–water partition coefficient (Wildman–Crippen LogP) is 1.35. The molecule has 0 aromatic rings. The molecule has 1 aliphatic heterocycles. The smallest absolute Gasteiger partial charge is 0.329 e. The maximum Gasteiger partial charge on any atom is 0.329 e. The van der Waals surface area contributed by atoms with Crippen LogP contribution >= 0.6 is 0 Å². The Morgan fingerprint density at radius 3 is 2.35 bits per heavy atom. The molecule has 2 aliphatic rings. The molecule has 3 N–H and O–H groups in total. The molecule has 1 heterocycles. The molecule has 2 amide bonds. The van der Waals surface area contributed by atoms with Crippen molar-refractivity contribution >= 4 is 12.0 Å². The Hall–Kier alpha value is -1.30. The number of amides is 2. The van der Waals surface area contributed by atoms with Gasteiger partial charge in [0.05, 0.1) is 0 Å². The van der Waals surface area contributed by atoms with E-state index in [2.05, 4.69) is 10.6 Å². The minimum atomic E-state index is -1.15. The molecule has 0 aromatic carbocycles. The highest BCUT2D eigenvalue weighted by Crippen LogP contribution is 2.39. The molecule has 1 saturated heterocycles. The van der Waals surface area contributed by atoms with Crippen LogP contribution in [0.1, 0.15) is 39.5 Å². The van der Waals surface area contributed by atoms with E-state index in [4.69, 9.17) is 4.74 Å². The fourth-order valence-electron chi connectivity index (χ4n) is 2.80. The lowest BCUT2D eigenvalue weighted by molar-refractivity contribution is -0.144. The molecule has 1 aliphatic carbocycles. The topological polar surface area (TPSA) is 87.7 Å². The van der Waals surface area contributed by atoms with E-state index < -0.39 is 11.5 Å². The zero-order chi connectivity index (χ0) is 14.8. The van der Waals surface area contributed by atoms with Gasteiger partial charge in [0.2, 0.25) is 0 Å². The van der Waals surface area contributed by atoms with Crippen LogP contribution < -0.4 is 10.6 Å². The third kappa shape index (κ3) is 3.42. The minimum Gasteiger partial charge on any atom is -0.480 e. The summed E-state index contributed by atoms with van der Waals surface area (Å²) < 4.78 is 5.30. The summed E-state index contributed by atoms with van der Waals surface area (Å²) in [4.78, 5) is 23.4. The summed E-state index contributed by atoms with van der Waals surface area (Å²) in [5.74, 6) is -0.524. The monoisotopic (exact) mass is 284 g/mol. The number of rotatable bonds is 5. The van der Waals surface area contributed by atoms with E-state index in [0.717, 1.165) is 38.9 Å². The number of nitrogens with one attached hydrogen (secondary N) is 2. The summed E-state index contributed by atoms with van der Waals surface area (Å²) in [7, 11) is 0. The first-order chi connectivity index (χ1) is 9.43. The molecule has 0 spiro atoms. The fourth-order valence-corrected chi connectivity index (χ4v) is 2.80. The van der Waals surface area contributed by atoms with Gasteiger partial charge >= 0.3 is 12.0 Å². The van der Waals surface area contributed by atoms with Gasteiger partial charge < -0.3 is 20.5 Å². The third-order valence-corrected chi connectivity index (χ3v) is 4.54. The van der Waals surface area contributed by atoms with Gasteiger partial charge in [-0.05, 0) is 51.4 Å². The van der Waals surface area contributed by atoms with Crippen LogP contribution in [0.15, 0.2) is 0 Å². The minimum absolute atomic E-state index is 0.0242. The van der Waals surface area contributed by atoms with Crippen LogP contribution in [0.25, 0.3) is 0 Å². The van der Waals surface area contributed by atoms with Crippen molar-refractivity contribution < 1.29 is 19.4 Å². The average molecular weight is 284 g/mol. The van der Waals surface area contributed by atoms with Crippen LogP contribution in [0.5, 0.6) is 0 Å². The summed E-state index contributed by atoms with van der Waals surface area (Å²) in [6.07, 6.45) is 3.58. The largest absolute Gasteiger partial charge is 0.480 e. The van der Waals surface area contributed by atoms with Crippen molar-refractivity contribution in [3.8, 4) is 0 Å². The van der Waals surface area contributed by atoms with Crippen LogP contribution in [0.2, 0.25) is 0 Å². The van der Waals surface area contributed by atoms with Crippen molar-refractivity contribution in [2.45, 2.75) is 51.1 Å². The van der Waals surface area contributed by atoms with Crippen molar-refractivity contribution in [1.29, 1.82) is 0 Å². The molecule has 2 unspecified atom stereocenters. The van der Waals surface area contributed by atoms with Gasteiger partial charge in [-0.15, -0.1) is 0 Å². The average Bonchev–Trinajstić information content (AvgIpc) is 3.23. The maximum atomic E-state index is 12.0. The number of carbonyl (C=O) groups is 2. The fraction of sp³-hybridized carbons (Fsp3) is 0.857. The van der Waals surface area contributed by atoms with E-state index in [1.807, 2.05) is 6.92 Å². The molecule has 6 nitrogen and oxygen atoms in total. The number of aliphatic carboxylic acids is 1. The number of carbonyl (C=O) groups excluding carboxylic acids is 1. The van der Waals surface area contributed by atoms with Gasteiger partial charge in [0, 0.05) is 19.3 Å².